The molecule has 15 heavy (non-hydrogen) atoms. The largest absolute Gasteiger partial charge is 0.321 e. The van der Waals surface area contributed by atoms with Gasteiger partial charge in [0.05, 0.1) is 0 Å². The van der Waals surface area contributed by atoms with Crippen LogP contribution in [0.1, 0.15) is 15.2 Å². The van der Waals surface area contributed by atoms with E-state index in [2.05, 4.69) is 11.4 Å². The van der Waals surface area contributed by atoms with Crippen molar-refractivity contribution in [2.45, 2.75) is 6.92 Å². The van der Waals surface area contributed by atoms with Crippen LogP contribution < -0.4 is 5.32 Å². The van der Waals surface area contributed by atoms with Crippen LogP contribution in [0.4, 0.5) is 5.69 Å². The first-order valence-corrected chi connectivity index (χ1v) is 5.47. The van der Waals surface area contributed by atoms with E-state index in [4.69, 9.17) is 0 Å². The molecule has 1 N–H and O–H groups in total. The second-order valence-corrected chi connectivity index (χ2v) is 4.08. The Morgan fingerprint density at radius 1 is 1.40 bits per heavy atom. The van der Waals surface area contributed by atoms with Crippen molar-refractivity contribution in [1.82, 2.24) is 0 Å². The minimum absolute atomic E-state index is 0.0979. The third-order valence-corrected chi connectivity index (χ3v) is 2.88. The molecular weight excluding hydrogens is 206 g/mol. The summed E-state index contributed by atoms with van der Waals surface area (Å²) in [6.07, 6.45) is 0. The number of benzene rings is 1. The topological polar surface area (TPSA) is 29.1 Å². The number of rotatable bonds is 2. The minimum atomic E-state index is -0.0979. The van der Waals surface area contributed by atoms with Crippen LogP contribution in [0.25, 0.3) is 0 Å². The molecule has 0 unspecified atom stereocenters. The molecule has 3 heteroatoms. The average Bonchev–Trinajstić information content (AvgIpc) is 2.74. The van der Waals surface area contributed by atoms with Crippen molar-refractivity contribution in [3.63, 3.8) is 0 Å². The molecule has 2 nitrogen and oxygen atoms in total. The number of para-hydroxylation sites is 1. The molecule has 1 amide bonds. The van der Waals surface area contributed by atoms with Crippen LogP contribution in [-0.4, -0.2) is 5.91 Å². The zero-order valence-corrected chi connectivity index (χ0v) is 9.10. The fourth-order valence-electron chi connectivity index (χ4n) is 1.26. The van der Waals surface area contributed by atoms with Crippen LogP contribution in [0, 0.1) is 13.0 Å². The van der Waals surface area contributed by atoms with Crippen molar-refractivity contribution in [2.24, 2.45) is 0 Å². The molecule has 0 bridgehead atoms. The molecule has 2 aromatic rings. The van der Waals surface area contributed by atoms with Gasteiger partial charge in [-0.2, -0.15) is 0 Å². The lowest BCUT2D eigenvalue weighted by atomic mass is 10.2. The molecule has 0 saturated heterocycles. The SMILES string of the molecule is Cc1ccccc1NC(=O)c1[c]ccs1. The van der Waals surface area contributed by atoms with Crippen LogP contribution in [0.15, 0.2) is 35.7 Å². The molecule has 0 saturated carbocycles. The lowest BCUT2D eigenvalue weighted by Gasteiger charge is -2.06. The van der Waals surface area contributed by atoms with Gasteiger partial charge < -0.3 is 5.32 Å². The average molecular weight is 216 g/mol. The minimum Gasteiger partial charge on any atom is -0.321 e. The molecule has 75 valence electrons. The molecule has 0 fully saturated rings. The van der Waals surface area contributed by atoms with Gasteiger partial charge in [-0.05, 0) is 30.0 Å². The van der Waals surface area contributed by atoms with Crippen molar-refractivity contribution >= 4 is 22.9 Å². The first-order chi connectivity index (χ1) is 7.27. The highest BCUT2D eigenvalue weighted by Gasteiger charge is 2.07. The summed E-state index contributed by atoms with van der Waals surface area (Å²) in [5, 5.41) is 4.69. The summed E-state index contributed by atoms with van der Waals surface area (Å²) in [6, 6.07) is 12.3. The molecule has 1 radical (unpaired) electrons. The third kappa shape index (κ3) is 2.25. The van der Waals surface area contributed by atoms with Crippen molar-refractivity contribution in [3.05, 3.63) is 52.2 Å². The van der Waals surface area contributed by atoms with Crippen LogP contribution in [0.3, 0.4) is 0 Å². The highest BCUT2D eigenvalue weighted by molar-refractivity contribution is 7.12. The predicted octanol–water partition coefficient (Wildman–Crippen LogP) is 3.11. The van der Waals surface area contributed by atoms with Crippen molar-refractivity contribution in [1.29, 1.82) is 0 Å². The maximum Gasteiger partial charge on any atom is 0.266 e. The van der Waals surface area contributed by atoms with E-state index in [1.807, 2.05) is 36.6 Å². The van der Waals surface area contributed by atoms with E-state index in [1.54, 1.807) is 6.07 Å². The van der Waals surface area contributed by atoms with Crippen LogP contribution in [-0.2, 0) is 0 Å². The van der Waals surface area contributed by atoms with Gasteiger partial charge in [0.15, 0.2) is 0 Å². The molecule has 0 aliphatic rings. The van der Waals surface area contributed by atoms with Gasteiger partial charge in [0.1, 0.15) is 4.88 Å². The fourth-order valence-corrected chi connectivity index (χ4v) is 1.82. The summed E-state index contributed by atoms with van der Waals surface area (Å²) >= 11 is 1.39. The number of carbonyl (C=O) groups excluding carboxylic acids is 1. The van der Waals surface area contributed by atoms with Gasteiger partial charge in [-0.3, -0.25) is 4.79 Å². The number of thiophene rings is 1. The number of aryl methyl sites for hydroxylation is 1. The Kier molecular flexibility index (Phi) is 2.83. The molecule has 1 aromatic carbocycles. The second kappa shape index (κ2) is 4.28. The smallest absolute Gasteiger partial charge is 0.266 e. The van der Waals surface area contributed by atoms with Gasteiger partial charge in [-0.1, -0.05) is 18.2 Å². The van der Waals surface area contributed by atoms with Gasteiger partial charge in [-0.25, -0.2) is 0 Å². The molecule has 0 atom stereocenters. The van der Waals surface area contributed by atoms with Gasteiger partial charge in [0.2, 0.25) is 0 Å². The van der Waals surface area contributed by atoms with Gasteiger partial charge >= 0.3 is 0 Å². The van der Waals surface area contributed by atoms with E-state index in [0.717, 1.165) is 11.3 Å². The van der Waals surface area contributed by atoms with E-state index in [1.165, 1.54) is 11.3 Å². The number of hydrogen-bond donors (Lipinski definition) is 1. The van der Waals surface area contributed by atoms with Crippen LogP contribution in [0.2, 0.25) is 0 Å². The lowest BCUT2D eigenvalue weighted by molar-refractivity contribution is 0.103. The van der Waals surface area contributed by atoms with Gasteiger partial charge in [0, 0.05) is 11.8 Å². The van der Waals surface area contributed by atoms with Crippen molar-refractivity contribution < 1.29 is 4.79 Å². The summed E-state index contributed by atoms with van der Waals surface area (Å²) in [5.74, 6) is -0.0979. The quantitative estimate of drug-likeness (QED) is 0.821. The van der Waals surface area contributed by atoms with E-state index in [0.29, 0.717) is 4.88 Å². The summed E-state index contributed by atoms with van der Waals surface area (Å²) in [5.41, 5.74) is 1.91. The highest BCUT2D eigenvalue weighted by atomic mass is 32.1. The van der Waals surface area contributed by atoms with Gasteiger partial charge in [-0.15, -0.1) is 11.3 Å². The Balaban J connectivity index is 2.17. The Morgan fingerprint density at radius 2 is 2.20 bits per heavy atom. The first-order valence-electron chi connectivity index (χ1n) is 4.59. The van der Waals surface area contributed by atoms with Crippen molar-refractivity contribution in [3.8, 4) is 0 Å². The zero-order valence-electron chi connectivity index (χ0n) is 8.28. The highest BCUT2D eigenvalue weighted by Crippen LogP contribution is 2.16. The molecule has 0 aliphatic heterocycles. The molecule has 0 aliphatic carbocycles. The normalized spacial score (nSPS) is 9.93. The Bertz CT molecular complexity index is 462. The molecule has 0 spiro atoms. The monoisotopic (exact) mass is 216 g/mol. The summed E-state index contributed by atoms with van der Waals surface area (Å²) < 4.78 is 0. The van der Waals surface area contributed by atoms with E-state index in [-0.39, 0.29) is 5.91 Å². The maximum absolute atomic E-state index is 11.7. The number of anilines is 1. The van der Waals surface area contributed by atoms with E-state index in [9.17, 15) is 4.79 Å². The Labute approximate surface area is 92.6 Å². The number of hydrogen-bond acceptors (Lipinski definition) is 2. The Morgan fingerprint density at radius 3 is 2.87 bits per heavy atom. The van der Waals surface area contributed by atoms with Crippen molar-refractivity contribution in [2.75, 3.05) is 5.32 Å². The standard InChI is InChI=1S/C12H10NOS/c1-9-5-2-3-6-10(9)13-12(14)11-7-4-8-15-11/h2-6,8H,1H3,(H,13,14). The first kappa shape index (κ1) is 9.93. The lowest BCUT2D eigenvalue weighted by Crippen LogP contribution is -2.10. The number of carbonyl (C=O) groups is 1. The van der Waals surface area contributed by atoms with Crippen LogP contribution in [0.5, 0.6) is 0 Å². The summed E-state index contributed by atoms with van der Waals surface area (Å²) in [4.78, 5) is 12.3. The fraction of sp³-hybridized carbons (Fsp3) is 0.0833. The maximum atomic E-state index is 11.7. The Hall–Kier alpha value is -1.61. The zero-order chi connectivity index (χ0) is 10.7. The summed E-state index contributed by atoms with van der Waals surface area (Å²) in [6.45, 7) is 1.97. The predicted molar refractivity (Wildman–Crippen MR) is 62.3 cm³/mol. The van der Waals surface area contributed by atoms with Crippen LogP contribution >= 0.6 is 11.3 Å². The molecule has 1 aromatic heterocycles. The number of nitrogens with one attached hydrogen (secondary N) is 1. The molecule has 2 rings (SSSR count). The summed E-state index contributed by atoms with van der Waals surface area (Å²) in [7, 11) is 0. The molecular formula is C12H10NOS. The second-order valence-electron chi connectivity index (χ2n) is 3.16. The van der Waals surface area contributed by atoms with E-state index >= 15 is 0 Å². The number of amides is 1. The third-order valence-electron chi connectivity index (χ3n) is 2.07. The molecule has 1 heterocycles. The van der Waals surface area contributed by atoms with Gasteiger partial charge in [0.25, 0.3) is 5.91 Å². The van der Waals surface area contributed by atoms with E-state index < -0.39 is 0 Å².